The summed E-state index contributed by atoms with van der Waals surface area (Å²) in [5, 5.41) is 21.4. The van der Waals surface area contributed by atoms with Crippen molar-refractivity contribution >= 4 is 23.3 Å². The van der Waals surface area contributed by atoms with Crippen LogP contribution in [0.25, 0.3) is 0 Å². The summed E-state index contributed by atoms with van der Waals surface area (Å²) in [6.07, 6.45) is 0. The van der Waals surface area contributed by atoms with E-state index in [0.717, 1.165) is 0 Å². The number of nitrogens with zero attached hydrogens (tertiary/aromatic N) is 2. The van der Waals surface area contributed by atoms with Gasteiger partial charge in [0.15, 0.2) is 0 Å². The van der Waals surface area contributed by atoms with Gasteiger partial charge in [0, 0.05) is 13.1 Å². The largest absolute Gasteiger partial charge is 0.480 e. The summed E-state index contributed by atoms with van der Waals surface area (Å²) in [7, 11) is 1.52. The molecule has 1 rings (SSSR count). The monoisotopic (exact) mass is 267 g/mol. The van der Waals surface area contributed by atoms with Crippen LogP contribution in [-0.4, -0.2) is 42.0 Å². The van der Waals surface area contributed by atoms with Crippen LogP contribution in [0.5, 0.6) is 0 Å². The number of nitrogens with one attached hydrogen (secondary N) is 1. The zero-order valence-electron chi connectivity index (χ0n) is 10.2. The molecule has 0 aromatic heterocycles. The zero-order chi connectivity index (χ0) is 14.4. The fraction of sp³-hybridized carbons (Fsp3) is 0.273. The first-order valence-corrected chi connectivity index (χ1v) is 5.35. The number of aliphatic carboxylic acids is 1. The van der Waals surface area contributed by atoms with E-state index < -0.39 is 23.3 Å². The van der Waals surface area contributed by atoms with Gasteiger partial charge in [0.1, 0.15) is 12.2 Å². The summed E-state index contributed by atoms with van der Waals surface area (Å²) in [6, 6.07) is 6.00. The third-order valence-corrected chi connectivity index (χ3v) is 2.31. The van der Waals surface area contributed by atoms with Gasteiger partial charge >= 0.3 is 5.97 Å². The molecule has 0 atom stereocenters. The molecule has 1 amide bonds. The predicted octanol–water partition coefficient (Wildman–Crippen LogP) is 0.232. The Hall–Kier alpha value is -2.64. The predicted molar refractivity (Wildman–Crippen MR) is 67.0 cm³/mol. The number of rotatable bonds is 6. The van der Waals surface area contributed by atoms with Gasteiger partial charge in [-0.25, -0.2) is 0 Å². The summed E-state index contributed by atoms with van der Waals surface area (Å²) in [6.45, 7) is -0.651. The van der Waals surface area contributed by atoms with Gasteiger partial charge in [-0.15, -0.1) is 0 Å². The molecule has 1 aromatic carbocycles. The van der Waals surface area contributed by atoms with E-state index in [-0.39, 0.29) is 17.9 Å². The quantitative estimate of drug-likeness (QED) is 0.563. The van der Waals surface area contributed by atoms with Gasteiger partial charge in [-0.2, -0.15) is 0 Å². The molecule has 0 aliphatic rings. The van der Waals surface area contributed by atoms with Crippen molar-refractivity contribution in [2.24, 2.45) is 0 Å². The molecule has 8 heteroatoms. The van der Waals surface area contributed by atoms with Gasteiger partial charge in [-0.05, 0) is 6.07 Å². The van der Waals surface area contributed by atoms with Crippen LogP contribution in [0.4, 0.5) is 11.4 Å². The number of carbonyl (C=O) groups excluding carboxylic acids is 1. The number of benzene rings is 1. The van der Waals surface area contributed by atoms with Gasteiger partial charge < -0.3 is 15.3 Å². The first-order valence-electron chi connectivity index (χ1n) is 5.35. The molecule has 0 bridgehead atoms. The first-order chi connectivity index (χ1) is 8.91. The van der Waals surface area contributed by atoms with Crippen LogP contribution in [-0.2, 0) is 9.59 Å². The maximum absolute atomic E-state index is 11.4. The minimum atomic E-state index is -1.15. The summed E-state index contributed by atoms with van der Waals surface area (Å²) < 4.78 is 0. The average Bonchev–Trinajstić information content (AvgIpc) is 2.36. The number of amides is 1. The third kappa shape index (κ3) is 4.26. The Kier molecular flexibility index (Phi) is 4.81. The second-order valence-corrected chi connectivity index (χ2v) is 3.77. The highest BCUT2D eigenvalue weighted by atomic mass is 16.6. The fourth-order valence-electron chi connectivity index (χ4n) is 1.47. The number of carbonyl (C=O) groups is 2. The number of anilines is 1. The van der Waals surface area contributed by atoms with Crippen molar-refractivity contribution in [3.05, 3.63) is 34.4 Å². The maximum atomic E-state index is 11.4. The summed E-state index contributed by atoms with van der Waals surface area (Å²) in [5.74, 6) is -1.68. The summed E-state index contributed by atoms with van der Waals surface area (Å²) >= 11 is 0. The Morgan fingerprint density at radius 2 is 2.05 bits per heavy atom. The lowest BCUT2D eigenvalue weighted by Crippen LogP contribution is -2.37. The van der Waals surface area contributed by atoms with Crippen LogP contribution in [0.3, 0.4) is 0 Å². The highest BCUT2D eigenvalue weighted by molar-refractivity contribution is 5.85. The second-order valence-electron chi connectivity index (χ2n) is 3.77. The van der Waals surface area contributed by atoms with E-state index in [0.29, 0.717) is 0 Å². The number of nitro groups is 1. The molecule has 8 nitrogen and oxygen atoms in total. The molecular weight excluding hydrogens is 254 g/mol. The Labute approximate surface area is 108 Å². The van der Waals surface area contributed by atoms with E-state index in [1.54, 1.807) is 6.07 Å². The minimum Gasteiger partial charge on any atom is -0.480 e. The van der Waals surface area contributed by atoms with Crippen LogP contribution in [0.15, 0.2) is 24.3 Å². The van der Waals surface area contributed by atoms with Crippen molar-refractivity contribution in [2.45, 2.75) is 0 Å². The molecule has 0 aliphatic heterocycles. The van der Waals surface area contributed by atoms with Crippen LogP contribution in [0, 0.1) is 10.1 Å². The Bertz CT molecular complexity index is 503. The SMILES string of the molecule is CN(CC(=O)NCC(=O)O)c1ccccc1[N+](=O)[O-]. The topological polar surface area (TPSA) is 113 Å². The van der Waals surface area contributed by atoms with E-state index in [9.17, 15) is 19.7 Å². The normalized spacial score (nSPS) is 9.74. The Morgan fingerprint density at radius 3 is 2.63 bits per heavy atom. The van der Waals surface area contributed by atoms with E-state index in [1.807, 2.05) is 0 Å². The first kappa shape index (κ1) is 14.4. The zero-order valence-corrected chi connectivity index (χ0v) is 10.2. The van der Waals surface area contributed by atoms with Crippen molar-refractivity contribution in [1.29, 1.82) is 0 Å². The molecule has 0 heterocycles. The van der Waals surface area contributed by atoms with Gasteiger partial charge in [0.05, 0.1) is 11.5 Å². The van der Waals surface area contributed by atoms with Crippen molar-refractivity contribution in [3.63, 3.8) is 0 Å². The van der Waals surface area contributed by atoms with Gasteiger partial charge in [0.25, 0.3) is 5.69 Å². The van der Waals surface area contributed by atoms with E-state index in [1.165, 1.54) is 30.1 Å². The van der Waals surface area contributed by atoms with Gasteiger partial charge in [0.2, 0.25) is 5.91 Å². The second kappa shape index (κ2) is 6.34. The number of likely N-dealkylation sites (N-methyl/N-ethyl adjacent to an activating group) is 1. The van der Waals surface area contributed by atoms with Gasteiger partial charge in [-0.1, -0.05) is 12.1 Å². The number of carboxylic acids is 1. The Morgan fingerprint density at radius 1 is 1.42 bits per heavy atom. The molecule has 0 aliphatic carbocycles. The lowest BCUT2D eigenvalue weighted by atomic mass is 10.2. The van der Waals surface area contributed by atoms with Gasteiger partial charge in [-0.3, -0.25) is 19.7 Å². The van der Waals surface area contributed by atoms with Crippen LogP contribution >= 0.6 is 0 Å². The molecule has 0 saturated heterocycles. The molecule has 1 aromatic rings. The summed E-state index contributed by atoms with van der Waals surface area (Å²) in [4.78, 5) is 33.4. The standard InChI is InChI=1S/C11H13N3O5/c1-13(7-10(15)12-6-11(16)17)8-4-2-3-5-9(8)14(18)19/h2-5H,6-7H2,1H3,(H,12,15)(H,16,17). The molecule has 0 saturated carbocycles. The number of nitro benzene ring substituents is 1. The van der Waals surface area contributed by atoms with Crippen molar-refractivity contribution in [2.75, 3.05) is 25.0 Å². The number of carboxylic acid groups (broad SMARTS) is 1. The van der Waals surface area contributed by atoms with Crippen molar-refractivity contribution in [3.8, 4) is 0 Å². The molecule has 0 unspecified atom stereocenters. The molecule has 2 N–H and O–H groups in total. The lowest BCUT2D eigenvalue weighted by Gasteiger charge is -2.18. The molecule has 102 valence electrons. The van der Waals surface area contributed by atoms with Crippen LogP contribution in [0.1, 0.15) is 0 Å². The molecule has 0 fully saturated rings. The van der Waals surface area contributed by atoms with E-state index >= 15 is 0 Å². The fourth-order valence-corrected chi connectivity index (χ4v) is 1.47. The van der Waals surface area contributed by atoms with Crippen molar-refractivity contribution in [1.82, 2.24) is 5.32 Å². The number of para-hydroxylation sites is 2. The third-order valence-electron chi connectivity index (χ3n) is 2.31. The highest BCUT2D eigenvalue weighted by Crippen LogP contribution is 2.26. The smallest absolute Gasteiger partial charge is 0.322 e. The molecule has 0 radical (unpaired) electrons. The van der Waals surface area contributed by atoms with Crippen LogP contribution < -0.4 is 10.2 Å². The van der Waals surface area contributed by atoms with E-state index in [2.05, 4.69) is 5.32 Å². The maximum Gasteiger partial charge on any atom is 0.322 e. The highest BCUT2D eigenvalue weighted by Gasteiger charge is 2.17. The molecule has 0 spiro atoms. The van der Waals surface area contributed by atoms with Crippen LogP contribution in [0.2, 0.25) is 0 Å². The number of hydrogen-bond donors (Lipinski definition) is 2. The number of hydrogen-bond acceptors (Lipinski definition) is 5. The minimum absolute atomic E-state index is 0.115. The van der Waals surface area contributed by atoms with E-state index in [4.69, 9.17) is 5.11 Å². The lowest BCUT2D eigenvalue weighted by molar-refractivity contribution is -0.384. The summed E-state index contributed by atoms with van der Waals surface area (Å²) in [5.41, 5.74) is 0.175. The van der Waals surface area contributed by atoms with Crippen molar-refractivity contribution < 1.29 is 19.6 Å². The molecule has 19 heavy (non-hydrogen) atoms. The average molecular weight is 267 g/mol. The Balaban J connectivity index is 2.73. The molecular formula is C11H13N3O5.